The van der Waals surface area contributed by atoms with Crippen LogP contribution in [0.1, 0.15) is 39.0 Å². The molecule has 0 spiro atoms. The molecule has 1 fully saturated rings. The van der Waals surface area contributed by atoms with Crippen LogP contribution in [0.5, 0.6) is 0 Å². The first kappa shape index (κ1) is 17.4. The number of aliphatic hydroxyl groups excluding tert-OH is 1. The lowest BCUT2D eigenvalue weighted by molar-refractivity contribution is -0.142. The molecule has 2 unspecified atom stereocenters. The monoisotopic (exact) mass is 308 g/mol. The predicted octanol–water partition coefficient (Wildman–Crippen LogP) is 0.169. The highest BCUT2D eigenvalue weighted by Crippen LogP contribution is 2.20. The first-order valence-electron chi connectivity index (χ1n) is 6.98. The lowest BCUT2D eigenvalue weighted by Crippen LogP contribution is -2.52. The maximum atomic E-state index is 12.1. The quantitative estimate of drug-likeness (QED) is 0.554. The topological polar surface area (TPSA) is 107 Å². The Hall–Kier alpha value is -0.700. The van der Waals surface area contributed by atoms with Gasteiger partial charge in [0.05, 0.1) is 0 Å². The van der Waals surface area contributed by atoms with Crippen LogP contribution < -0.4 is 4.72 Å². The molecule has 1 saturated heterocycles. The maximum absolute atomic E-state index is 12.1. The number of nitrogens with one attached hydrogen (secondary N) is 1. The smallest absolute Gasteiger partial charge is 0.322 e. The summed E-state index contributed by atoms with van der Waals surface area (Å²) in [7, 11) is -3.74. The van der Waals surface area contributed by atoms with Gasteiger partial charge >= 0.3 is 5.97 Å². The van der Waals surface area contributed by atoms with E-state index in [2.05, 4.69) is 4.72 Å². The highest BCUT2D eigenvalue weighted by atomic mass is 32.2. The van der Waals surface area contributed by atoms with E-state index in [1.165, 1.54) is 0 Å². The summed E-state index contributed by atoms with van der Waals surface area (Å²) in [5.41, 5.74) is 0. The molecule has 3 N–H and O–H groups in total. The molecular weight excluding hydrogens is 284 g/mol. The van der Waals surface area contributed by atoms with Gasteiger partial charge in [0, 0.05) is 19.7 Å². The zero-order valence-electron chi connectivity index (χ0n) is 11.8. The predicted molar refractivity (Wildman–Crippen MR) is 74.4 cm³/mol. The Bertz CT molecular complexity index is 412. The molecule has 0 aromatic rings. The molecule has 1 heterocycles. The van der Waals surface area contributed by atoms with E-state index >= 15 is 0 Å². The SMILES string of the molecule is CC(CO)CCCNS(=O)(=O)N1CCCCC1C(=O)O. The molecule has 8 heteroatoms. The zero-order valence-corrected chi connectivity index (χ0v) is 12.6. The van der Waals surface area contributed by atoms with Gasteiger partial charge in [0.15, 0.2) is 0 Å². The van der Waals surface area contributed by atoms with Crippen LogP contribution in [0.4, 0.5) is 0 Å². The number of nitrogens with zero attached hydrogens (tertiary/aromatic N) is 1. The summed E-state index contributed by atoms with van der Waals surface area (Å²) in [6.07, 6.45) is 3.12. The van der Waals surface area contributed by atoms with Crippen molar-refractivity contribution < 1.29 is 23.4 Å². The number of aliphatic hydroxyl groups is 1. The van der Waals surface area contributed by atoms with Crippen molar-refractivity contribution in [2.75, 3.05) is 19.7 Å². The van der Waals surface area contributed by atoms with E-state index in [0.29, 0.717) is 19.3 Å². The van der Waals surface area contributed by atoms with Gasteiger partial charge in [-0.1, -0.05) is 6.92 Å². The average molecular weight is 308 g/mol. The molecule has 0 aromatic carbocycles. The number of carboxylic acid groups (broad SMARTS) is 1. The van der Waals surface area contributed by atoms with E-state index in [-0.39, 0.29) is 25.6 Å². The van der Waals surface area contributed by atoms with Gasteiger partial charge in [-0.05, 0) is 38.0 Å². The molecule has 118 valence electrons. The third-order valence-electron chi connectivity index (χ3n) is 3.52. The van der Waals surface area contributed by atoms with Gasteiger partial charge in [0.1, 0.15) is 6.04 Å². The second-order valence-electron chi connectivity index (χ2n) is 5.29. The van der Waals surface area contributed by atoms with Crippen LogP contribution in [0, 0.1) is 5.92 Å². The Balaban J connectivity index is 2.51. The van der Waals surface area contributed by atoms with Gasteiger partial charge < -0.3 is 10.2 Å². The number of piperidine rings is 1. The van der Waals surface area contributed by atoms with Gasteiger partial charge in [-0.15, -0.1) is 0 Å². The lowest BCUT2D eigenvalue weighted by Gasteiger charge is -2.31. The van der Waals surface area contributed by atoms with Crippen molar-refractivity contribution in [2.45, 2.75) is 45.1 Å². The summed E-state index contributed by atoms with van der Waals surface area (Å²) in [5.74, 6) is -0.953. The fourth-order valence-electron chi connectivity index (χ4n) is 2.27. The highest BCUT2D eigenvalue weighted by Gasteiger charge is 2.36. The Morgan fingerprint density at radius 1 is 1.45 bits per heavy atom. The van der Waals surface area contributed by atoms with E-state index in [9.17, 15) is 13.2 Å². The molecule has 7 nitrogen and oxygen atoms in total. The number of rotatable bonds is 8. The standard InChI is InChI=1S/C12H24N2O5S/c1-10(9-15)5-4-7-13-20(18,19)14-8-3-2-6-11(14)12(16)17/h10-11,13,15H,2-9H2,1H3,(H,16,17). The summed E-state index contributed by atoms with van der Waals surface area (Å²) in [4.78, 5) is 11.1. The van der Waals surface area contributed by atoms with Gasteiger partial charge in [0.2, 0.25) is 0 Å². The fraction of sp³-hybridized carbons (Fsp3) is 0.917. The summed E-state index contributed by atoms with van der Waals surface area (Å²) in [6.45, 7) is 2.48. The summed E-state index contributed by atoms with van der Waals surface area (Å²) < 4.78 is 27.7. The van der Waals surface area contributed by atoms with Gasteiger partial charge in [-0.25, -0.2) is 4.72 Å². The minimum absolute atomic E-state index is 0.0833. The molecule has 0 amide bonds. The highest BCUT2D eigenvalue weighted by molar-refractivity contribution is 7.87. The number of carboxylic acids is 1. The fourth-order valence-corrected chi connectivity index (χ4v) is 3.73. The van der Waals surface area contributed by atoms with Crippen molar-refractivity contribution in [1.82, 2.24) is 9.03 Å². The van der Waals surface area contributed by atoms with Crippen LogP contribution in [-0.4, -0.2) is 54.6 Å². The van der Waals surface area contributed by atoms with Crippen LogP contribution in [-0.2, 0) is 15.0 Å². The molecule has 0 radical (unpaired) electrons. The van der Waals surface area contributed by atoms with E-state index in [0.717, 1.165) is 17.1 Å². The molecule has 0 aliphatic carbocycles. The van der Waals surface area contributed by atoms with Crippen molar-refractivity contribution in [3.63, 3.8) is 0 Å². The van der Waals surface area contributed by atoms with Crippen molar-refractivity contribution in [2.24, 2.45) is 5.92 Å². The van der Waals surface area contributed by atoms with Crippen LogP contribution in [0.2, 0.25) is 0 Å². The Labute approximate surface area is 120 Å². The molecule has 0 aromatic heterocycles. The second kappa shape index (κ2) is 7.92. The number of hydrogen-bond donors (Lipinski definition) is 3. The van der Waals surface area contributed by atoms with Gasteiger partial charge in [-0.3, -0.25) is 4.79 Å². The summed E-state index contributed by atoms with van der Waals surface area (Å²) in [5, 5.41) is 18.0. The Morgan fingerprint density at radius 2 is 2.15 bits per heavy atom. The van der Waals surface area contributed by atoms with Gasteiger partial charge in [-0.2, -0.15) is 12.7 Å². The third kappa shape index (κ3) is 5.01. The van der Waals surface area contributed by atoms with Crippen LogP contribution in [0.25, 0.3) is 0 Å². The minimum Gasteiger partial charge on any atom is -0.480 e. The summed E-state index contributed by atoms with van der Waals surface area (Å²) >= 11 is 0. The molecule has 0 saturated carbocycles. The maximum Gasteiger partial charge on any atom is 0.322 e. The van der Waals surface area contributed by atoms with E-state index in [4.69, 9.17) is 10.2 Å². The Kier molecular flexibility index (Phi) is 6.87. The average Bonchev–Trinajstić information content (AvgIpc) is 2.43. The third-order valence-corrected chi connectivity index (χ3v) is 5.14. The molecule has 1 aliphatic heterocycles. The molecule has 1 rings (SSSR count). The van der Waals surface area contributed by atoms with E-state index in [1.54, 1.807) is 0 Å². The summed E-state index contributed by atoms with van der Waals surface area (Å²) in [6, 6.07) is -0.961. The zero-order chi connectivity index (χ0) is 15.2. The second-order valence-corrected chi connectivity index (χ2v) is 7.00. The molecule has 0 bridgehead atoms. The first-order valence-corrected chi connectivity index (χ1v) is 8.42. The van der Waals surface area contributed by atoms with Crippen molar-refractivity contribution in [1.29, 1.82) is 0 Å². The molecule has 2 atom stereocenters. The van der Waals surface area contributed by atoms with Crippen LogP contribution in [0.15, 0.2) is 0 Å². The molecular formula is C12H24N2O5S. The normalized spacial score (nSPS) is 22.6. The van der Waals surface area contributed by atoms with Crippen LogP contribution >= 0.6 is 0 Å². The molecule has 1 aliphatic rings. The van der Waals surface area contributed by atoms with Crippen molar-refractivity contribution >= 4 is 16.2 Å². The van der Waals surface area contributed by atoms with E-state index in [1.807, 2.05) is 6.92 Å². The number of carbonyl (C=O) groups is 1. The first-order chi connectivity index (χ1) is 9.38. The van der Waals surface area contributed by atoms with Crippen molar-refractivity contribution in [3.05, 3.63) is 0 Å². The lowest BCUT2D eigenvalue weighted by atomic mass is 10.1. The molecule has 20 heavy (non-hydrogen) atoms. The Morgan fingerprint density at radius 3 is 2.75 bits per heavy atom. The van der Waals surface area contributed by atoms with E-state index < -0.39 is 22.2 Å². The minimum atomic E-state index is -3.74. The van der Waals surface area contributed by atoms with Gasteiger partial charge in [0.25, 0.3) is 10.2 Å². The number of aliphatic carboxylic acids is 1. The largest absolute Gasteiger partial charge is 0.480 e. The number of hydrogen-bond acceptors (Lipinski definition) is 4. The van der Waals surface area contributed by atoms with Crippen molar-refractivity contribution in [3.8, 4) is 0 Å². The van der Waals surface area contributed by atoms with Crippen LogP contribution in [0.3, 0.4) is 0 Å².